The molecule has 0 saturated heterocycles. The molecule has 0 bridgehead atoms. The molecule has 1 aliphatic heterocycles. The SMILES string of the molecule is CCCCC1(CC)CN(c2ccccc2)c2cc(SC)c(OCC(=O)N[C@@H](C(=O)NC(O)(OCC)[PH+]=O)c3ccccc3)cc2S(=O)(=O)C1. The van der Waals surface area contributed by atoms with Gasteiger partial charge in [-0.2, -0.15) is 0 Å². The van der Waals surface area contributed by atoms with Gasteiger partial charge in [-0.3, -0.25) is 19.6 Å². The van der Waals surface area contributed by atoms with Crippen LogP contribution in [0.25, 0.3) is 0 Å². The zero-order valence-electron chi connectivity index (χ0n) is 28.2. The smallest absolute Gasteiger partial charge is 0.459 e. The number of hydrogen-bond donors (Lipinski definition) is 3. The molecule has 14 heteroatoms. The summed E-state index contributed by atoms with van der Waals surface area (Å²) in [4.78, 5) is 29.4. The predicted molar refractivity (Wildman–Crippen MR) is 193 cm³/mol. The molecular weight excluding hydrogens is 686 g/mol. The summed E-state index contributed by atoms with van der Waals surface area (Å²) in [5.74, 6) is -1.34. The zero-order chi connectivity index (χ0) is 35.7. The van der Waals surface area contributed by atoms with Crippen molar-refractivity contribution in [2.45, 2.75) is 67.9 Å². The molecule has 0 spiro atoms. The van der Waals surface area contributed by atoms with E-state index >= 15 is 0 Å². The van der Waals surface area contributed by atoms with Crippen LogP contribution in [-0.4, -0.2) is 62.8 Å². The number of carbonyl (C=O) groups excluding carboxylic acids is 2. The Hall–Kier alpha value is -3.48. The first-order valence-electron chi connectivity index (χ1n) is 16.3. The molecular formula is C35H45N3O8PS2+. The Balaban J connectivity index is 1.66. The minimum Gasteiger partial charge on any atom is -0.483 e. The third-order valence-corrected chi connectivity index (χ3v) is 11.9. The molecule has 0 aromatic heterocycles. The summed E-state index contributed by atoms with van der Waals surface area (Å²) in [6.45, 7) is 5.67. The Morgan fingerprint density at radius 1 is 1.08 bits per heavy atom. The van der Waals surface area contributed by atoms with Crippen molar-refractivity contribution in [2.75, 3.05) is 36.7 Å². The van der Waals surface area contributed by atoms with Crippen LogP contribution in [0.5, 0.6) is 5.75 Å². The van der Waals surface area contributed by atoms with Crippen LogP contribution in [0.1, 0.15) is 58.1 Å². The van der Waals surface area contributed by atoms with Crippen molar-refractivity contribution < 1.29 is 37.2 Å². The predicted octanol–water partition coefficient (Wildman–Crippen LogP) is 5.94. The zero-order valence-corrected chi connectivity index (χ0v) is 30.9. The van der Waals surface area contributed by atoms with Crippen molar-refractivity contribution in [3.63, 3.8) is 0 Å². The molecule has 0 aliphatic carbocycles. The molecule has 4 rings (SSSR count). The number of anilines is 2. The summed E-state index contributed by atoms with van der Waals surface area (Å²) in [5.41, 5.74) is -1.07. The van der Waals surface area contributed by atoms with E-state index < -0.39 is 53.8 Å². The van der Waals surface area contributed by atoms with Crippen LogP contribution in [0, 0.1) is 5.41 Å². The van der Waals surface area contributed by atoms with Crippen molar-refractivity contribution in [3.8, 4) is 5.75 Å². The lowest BCUT2D eigenvalue weighted by Gasteiger charge is -2.36. The van der Waals surface area contributed by atoms with Gasteiger partial charge >= 0.3 is 14.1 Å². The van der Waals surface area contributed by atoms with E-state index in [4.69, 9.17) is 9.47 Å². The fourth-order valence-corrected chi connectivity index (χ4v) is 9.07. The van der Waals surface area contributed by atoms with E-state index in [9.17, 15) is 27.7 Å². The average Bonchev–Trinajstić information content (AvgIpc) is 3.20. The van der Waals surface area contributed by atoms with Gasteiger partial charge in [0.25, 0.3) is 11.8 Å². The average molecular weight is 731 g/mol. The van der Waals surface area contributed by atoms with Gasteiger partial charge in [-0.1, -0.05) is 79.8 Å². The second-order valence-corrected chi connectivity index (χ2v) is 15.7. The number of para-hydroxylation sites is 1. The fourth-order valence-electron chi connectivity index (χ4n) is 5.97. The van der Waals surface area contributed by atoms with Gasteiger partial charge in [0.2, 0.25) is 0 Å². The number of benzene rings is 3. The highest BCUT2D eigenvalue weighted by molar-refractivity contribution is 7.98. The minimum absolute atomic E-state index is 0.0166. The highest BCUT2D eigenvalue weighted by Gasteiger charge is 2.43. The van der Waals surface area contributed by atoms with Gasteiger partial charge in [-0.05, 0) is 49.8 Å². The molecule has 0 fully saturated rings. The number of nitrogens with zero attached hydrogens (tertiary/aromatic N) is 1. The standard InChI is InChI=1S/C35H44N3O8PS2/c1-5-8-19-34(6-2)23-38(26-17-13-10-14-18-26)27-20-29(48-4)28(21-30(27)49(43,44)24-34)45-22-31(39)36-32(25-15-11-9-12-16-25)33(40)37-35(41,47-42)46-7-3/h9-18,20-21,32,41H,5-8,19,22-24H2,1-4H3,(H,36,39)(H,37,40)/p+1/t32-,34?,35?/m1/s1. The molecule has 3 aromatic carbocycles. The highest BCUT2D eigenvalue weighted by Crippen LogP contribution is 2.47. The van der Waals surface area contributed by atoms with E-state index in [1.165, 1.54) is 17.8 Å². The van der Waals surface area contributed by atoms with Crippen LogP contribution in [0.3, 0.4) is 0 Å². The first-order chi connectivity index (χ1) is 23.4. The van der Waals surface area contributed by atoms with Gasteiger partial charge in [-0.15, -0.1) is 11.8 Å². The molecule has 2 amide bonds. The Bertz CT molecular complexity index is 1710. The number of unbranched alkanes of at least 4 members (excludes halogenated alkanes) is 1. The highest BCUT2D eigenvalue weighted by atomic mass is 32.2. The number of amides is 2. The number of aliphatic hydroxyl groups is 1. The van der Waals surface area contributed by atoms with Crippen molar-refractivity contribution in [1.29, 1.82) is 0 Å². The number of thioether (sulfide) groups is 1. The molecule has 3 N–H and O–H groups in total. The Morgan fingerprint density at radius 3 is 2.35 bits per heavy atom. The van der Waals surface area contributed by atoms with E-state index in [1.807, 2.05) is 49.6 Å². The van der Waals surface area contributed by atoms with E-state index in [-0.39, 0.29) is 23.0 Å². The Labute approximate surface area is 294 Å². The second kappa shape index (κ2) is 17.0. The van der Waals surface area contributed by atoms with Crippen molar-refractivity contribution in [1.82, 2.24) is 10.6 Å². The van der Waals surface area contributed by atoms with Gasteiger partial charge in [0.1, 0.15) is 11.8 Å². The minimum atomic E-state index is -3.79. The molecule has 3 unspecified atom stereocenters. The fraction of sp³-hybridized carbons (Fsp3) is 0.429. The summed E-state index contributed by atoms with van der Waals surface area (Å²) in [7, 11) is -5.22. The molecule has 3 aromatic rings. The molecule has 0 saturated carbocycles. The topological polar surface area (TPSA) is 151 Å². The summed E-state index contributed by atoms with van der Waals surface area (Å²) in [5, 5.41) is 15.2. The van der Waals surface area contributed by atoms with Crippen molar-refractivity contribution >= 4 is 53.2 Å². The number of fused-ring (bicyclic) bond motifs is 1. The third kappa shape index (κ3) is 9.40. The Morgan fingerprint density at radius 2 is 1.76 bits per heavy atom. The molecule has 0 radical (unpaired) electrons. The largest absolute Gasteiger partial charge is 0.483 e. The van der Waals surface area contributed by atoms with Gasteiger partial charge < -0.3 is 20.1 Å². The van der Waals surface area contributed by atoms with Crippen molar-refractivity contribution in [3.05, 3.63) is 78.4 Å². The maximum absolute atomic E-state index is 14.2. The maximum Gasteiger partial charge on any atom is 0.459 e. The second-order valence-electron chi connectivity index (χ2n) is 12.0. The number of nitrogens with one attached hydrogen (secondary N) is 2. The van der Waals surface area contributed by atoms with Gasteiger partial charge in [0, 0.05) is 23.7 Å². The van der Waals surface area contributed by atoms with Crippen LogP contribution in [0.4, 0.5) is 11.4 Å². The van der Waals surface area contributed by atoms with E-state index in [0.29, 0.717) is 29.1 Å². The van der Waals surface area contributed by atoms with Gasteiger partial charge in [-0.25, -0.2) is 8.42 Å². The third-order valence-electron chi connectivity index (χ3n) is 8.58. The van der Waals surface area contributed by atoms with Crippen LogP contribution < -0.4 is 20.3 Å². The number of ether oxygens (including phenoxy) is 2. The number of carbonyl (C=O) groups is 2. The van der Waals surface area contributed by atoms with E-state index in [0.717, 1.165) is 24.9 Å². The summed E-state index contributed by atoms with van der Waals surface area (Å²) in [6.07, 6.45) is 5.16. The Kier molecular flexibility index (Phi) is 13.3. The molecule has 1 heterocycles. The molecule has 1 aliphatic rings. The molecule has 11 nitrogen and oxygen atoms in total. The lowest BCUT2D eigenvalue weighted by Crippen LogP contribution is -2.51. The van der Waals surface area contributed by atoms with Crippen LogP contribution >= 0.6 is 20.2 Å². The van der Waals surface area contributed by atoms with Crippen molar-refractivity contribution in [2.24, 2.45) is 5.41 Å². The number of rotatable bonds is 16. The maximum atomic E-state index is 14.2. The van der Waals surface area contributed by atoms with E-state index in [1.54, 1.807) is 37.3 Å². The van der Waals surface area contributed by atoms with Crippen LogP contribution in [0.2, 0.25) is 0 Å². The summed E-state index contributed by atoms with van der Waals surface area (Å²) < 4.78 is 51.1. The number of hydrogen-bond acceptors (Lipinski definition) is 10. The summed E-state index contributed by atoms with van der Waals surface area (Å²) in [6, 6.07) is 20.1. The molecule has 49 heavy (non-hydrogen) atoms. The normalized spacial score (nSPS) is 18.8. The van der Waals surface area contributed by atoms with Crippen LogP contribution in [0.15, 0.2) is 82.6 Å². The monoisotopic (exact) mass is 730 g/mol. The quantitative estimate of drug-likeness (QED) is 0.0918. The first-order valence-corrected chi connectivity index (χ1v) is 20.0. The lowest BCUT2D eigenvalue weighted by molar-refractivity contribution is -0.167. The van der Waals surface area contributed by atoms with Crippen LogP contribution in [-0.2, 0) is 28.7 Å². The summed E-state index contributed by atoms with van der Waals surface area (Å²) >= 11 is 1.36. The molecule has 4 atom stereocenters. The van der Waals surface area contributed by atoms with Gasteiger partial charge in [0.15, 0.2) is 16.4 Å². The van der Waals surface area contributed by atoms with Gasteiger partial charge in [0.05, 0.1) is 27.8 Å². The first kappa shape index (κ1) is 38.3. The lowest BCUT2D eigenvalue weighted by atomic mass is 9.81. The molecule has 264 valence electrons. The number of sulfone groups is 1. The van der Waals surface area contributed by atoms with E-state index in [2.05, 4.69) is 22.5 Å².